The maximum absolute atomic E-state index is 12.4. The maximum atomic E-state index is 12.4. The van der Waals surface area contributed by atoms with Gasteiger partial charge in [-0.3, -0.25) is 9.59 Å². The minimum Gasteiger partial charge on any atom is -0.322 e. The molecule has 0 atom stereocenters. The topological polar surface area (TPSA) is 92.3 Å². The van der Waals surface area contributed by atoms with E-state index >= 15 is 0 Å². The molecule has 1 amide bonds. The molecule has 130 valence electrons. The number of hydrogen-bond donors (Lipinski definition) is 2. The van der Waals surface area contributed by atoms with Gasteiger partial charge < -0.3 is 5.32 Å². The number of benzene rings is 2. The molecule has 0 saturated heterocycles. The maximum Gasteiger partial charge on any atom is 0.255 e. The molecule has 1 aliphatic rings. The Balaban J connectivity index is 1.75. The van der Waals surface area contributed by atoms with Crippen LogP contribution in [0.25, 0.3) is 0 Å². The van der Waals surface area contributed by atoms with Gasteiger partial charge >= 0.3 is 0 Å². The lowest BCUT2D eigenvalue weighted by Gasteiger charge is -2.09. The van der Waals surface area contributed by atoms with E-state index < -0.39 is 15.9 Å². The molecule has 0 aromatic heterocycles. The highest BCUT2D eigenvalue weighted by atomic mass is 32.2. The fourth-order valence-electron chi connectivity index (χ4n) is 2.28. The Kier molecular flexibility index (Phi) is 4.69. The van der Waals surface area contributed by atoms with Crippen molar-refractivity contribution in [2.75, 3.05) is 5.32 Å². The van der Waals surface area contributed by atoms with Gasteiger partial charge in [-0.25, -0.2) is 13.1 Å². The van der Waals surface area contributed by atoms with Crippen molar-refractivity contribution in [3.8, 4) is 0 Å². The number of nitrogens with one attached hydrogen (secondary N) is 2. The molecule has 0 spiro atoms. The summed E-state index contributed by atoms with van der Waals surface area (Å²) in [4.78, 5) is 23.7. The van der Waals surface area contributed by atoms with Crippen LogP contribution < -0.4 is 10.0 Å². The first-order valence-electron chi connectivity index (χ1n) is 7.90. The monoisotopic (exact) mass is 358 g/mol. The van der Waals surface area contributed by atoms with Crippen molar-refractivity contribution in [3.63, 3.8) is 0 Å². The van der Waals surface area contributed by atoms with Crippen LogP contribution >= 0.6 is 0 Å². The number of anilines is 1. The quantitative estimate of drug-likeness (QED) is 0.776. The van der Waals surface area contributed by atoms with Gasteiger partial charge in [0.15, 0.2) is 5.78 Å². The molecule has 0 heterocycles. The Hall–Kier alpha value is -2.51. The highest BCUT2D eigenvalue weighted by Gasteiger charge is 2.28. The van der Waals surface area contributed by atoms with E-state index in [2.05, 4.69) is 10.0 Å². The van der Waals surface area contributed by atoms with Gasteiger partial charge in [0.05, 0.1) is 4.90 Å². The second-order valence-electron chi connectivity index (χ2n) is 6.01. The molecule has 1 aliphatic carbocycles. The Morgan fingerprint density at radius 3 is 2.28 bits per heavy atom. The standard InChI is InChI=1S/C18H18N2O4S/c1-12(21)13-5-7-15(8-6-13)19-18(22)14-3-2-4-17(11-14)25(23,24)20-16-9-10-16/h2-8,11,16,20H,9-10H2,1H3,(H,19,22). The summed E-state index contributed by atoms with van der Waals surface area (Å²) in [7, 11) is -3.61. The lowest BCUT2D eigenvalue weighted by atomic mass is 10.1. The molecular weight excluding hydrogens is 340 g/mol. The van der Waals surface area contributed by atoms with Gasteiger partial charge in [-0.15, -0.1) is 0 Å². The van der Waals surface area contributed by atoms with Crippen molar-refractivity contribution in [2.45, 2.75) is 30.7 Å². The smallest absolute Gasteiger partial charge is 0.255 e. The van der Waals surface area contributed by atoms with Crippen LogP contribution in [0.3, 0.4) is 0 Å². The number of sulfonamides is 1. The average molecular weight is 358 g/mol. The molecule has 0 bridgehead atoms. The summed E-state index contributed by atoms with van der Waals surface area (Å²) in [6.07, 6.45) is 1.69. The van der Waals surface area contributed by atoms with E-state index in [4.69, 9.17) is 0 Å². The number of carbonyl (C=O) groups is 2. The Bertz CT molecular complexity index is 916. The van der Waals surface area contributed by atoms with Crippen molar-refractivity contribution in [1.82, 2.24) is 4.72 Å². The summed E-state index contributed by atoms with van der Waals surface area (Å²) in [5.74, 6) is -0.474. The second-order valence-corrected chi connectivity index (χ2v) is 7.73. The summed E-state index contributed by atoms with van der Waals surface area (Å²) < 4.78 is 27.1. The van der Waals surface area contributed by atoms with Crippen molar-refractivity contribution in [1.29, 1.82) is 0 Å². The molecule has 25 heavy (non-hydrogen) atoms. The summed E-state index contributed by atoms with van der Waals surface area (Å²) >= 11 is 0. The Labute approximate surface area is 146 Å². The number of carbonyl (C=O) groups excluding carboxylic acids is 2. The van der Waals surface area contributed by atoms with Gasteiger partial charge in [-0.2, -0.15) is 0 Å². The molecule has 0 radical (unpaired) electrons. The molecule has 0 unspecified atom stereocenters. The van der Waals surface area contributed by atoms with Crippen LogP contribution in [0.5, 0.6) is 0 Å². The predicted molar refractivity (Wildman–Crippen MR) is 94.2 cm³/mol. The molecule has 1 saturated carbocycles. The van der Waals surface area contributed by atoms with E-state index in [1.165, 1.54) is 25.1 Å². The highest BCUT2D eigenvalue weighted by Crippen LogP contribution is 2.22. The summed E-state index contributed by atoms with van der Waals surface area (Å²) in [5.41, 5.74) is 1.32. The van der Waals surface area contributed by atoms with E-state index in [1.807, 2.05) is 0 Å². The van der Waals surface area contributed by atoms with E-state index in [9.17, 15) is 18.0 Å². The summed E-state index contributed by atoms with van der Waals surface area (Å²) in [6.45, 7) is 1.47. The molecule has 2 aromatic rings. The normalized spacial score (nSPS) is 14.1. The number of amides is 1. The van der Waals surface area contributed by atoms with E-state index in [-0.39, 0.29) is 22.3 Å². The second kappa shape index (κ2) is 6.78. The van der Waals surface area contributed by atoms with Crippen molar-refractivity contribution in [2.24, 2.45) is 0 Å². The number of Topliss-reactive ketones (excluding diaryl/α,β-unsaturated/α-hetero) is 1. The van der Waals surface area contributed by atoms with Crippen LogP contribution in [0.4, 0.5) is 5.69 Å². The minimum atomic E-state index is -3.61. The average Bonchev–Trinajstić information content (AvgIpc) is 3.39. The zero-order valence-electron chi connectivity index (χ0n) is 13.7. The van der Waals surface area contributed by atoms with Crippen molar-refractivity contribution in [3.05, 3.63) is 59.7 Å². The van der Waals surface area contributed by atoms with Crippen molar-refractivity contribution < 1.29 is 18.0 Å². The number of rotatable bonds is 6. The Morgan fingerprint density at radius 2 is 1.68 bits per heavy atom. The zero-order valence-corrected chi connectivity index (χ0v) is 14.5. The fraction of sp³-hybridized carbons (Fsp3) is 0.222. The predicted octanol–water partition coefficient (Wildman–Crippen LogP) is 2.58. The Morgan fingerprint density at radius 1 is 1.00 bits per heavy atom. The largest absolute Gasteiger partial charge is 0.322 e. The van der Waals surface area contributed by atoms with E-state index in [0.29, 0.717) is 11.3 Å². The van der Waals surface area contributed by atoms with E-state index in [0.717, 1.165) is 12.8 Å². The van der Waals surface area contributed by atoms with E-state index in [1.54, 1.807) is 30.3 Å². The third-order valence-corrected chi connectivity index (χ3v) is 5.37. The molecule has 0 aliphatic heterocycles. The third-order valence-electron chi connectivity index (χ3n) is 3.85. The van der Waals surface area contributed by atoms with Crippen LogP contribution in [0, 0.1) is 0 Å². The number of hydrogen-bond acceptors (Lipinski definition) is 4. The lowest BCUT2D eigenvalue weighted by molar-refractivity contribution is 0.101. The van der Waals surface area contributed by atoms with Gasteiger partial charge in [0.1, 0.15) is 0 Å². The fourth-order valence-corrected chi connectivity index (χ4v) is 3.64. The van der Waals surface area contributed by atoms with Crippen LogP contribution in [0.2, 0.25) is 0 Å². The van der Waals surface area contributed by atoms with Gasteiger partial charge in [0.25, 0.3) is 5.91 Å². The van der Waals surface area contributed by atoms with Gasteiger partial charge in [-0.05, 0) is 62.2 Å². The molecule has 2 aromatic carbocycles. The number of ketones is 1. The minimum absolute atomic E-state index is 0.00210. The molecule has 6 nitrogen and oxygen atoms in total. The molecule has 2 N–H and O–H groups in total. The highest BCUT2D eigenvalue weighted by molar-refractivity contribution is 7.89. The molecule has 7 heteroatoms. The van der Waals surface area contributed by atoms with Crippen molar-refractivity contribution >= 4 is 27.4 Å². The summed E-state index contributed by atoms with van der Waals surface area (Å²) in [5, 5.41) is 2.69. The SMILES string of the molecule is CC(=O)c1ccc(NC(=O)c2cccc(S(=O)(=O)NC3CC3)c2)cc1. The van der Waals surface area contributed by atoms with Crippen LogP contribution in [-0.2, 0) is 10.0 Å². The third kappa shape index (κ3) is 4.32. The first kappa shape index (κ1) is 17.3. The van der Waals surface area contributed by atoms with Crippen LogP contribution in [-0.4, -0.2) is 26.2 Å². The zero-order chi connectivity index (χ0) is 18.0. The first-order valence-corrected chi connectivity index (χ1v) is 9.38. The molecule has 3 rings (SSSR count). The lowest BCUT2D eigenvalue weighted by Crippen LogP contribution is -2.26. The molecule has 1 fully saturated rings. The van der Waals surface area contributed by atoms with Gasteiger partial charge in [-0.1, -0.05) is 6.07 Å². The van der Waals surface area contributed by atoms with Gasteiger partial charge in [0.2, 0.25) is 10.0 Å². The van der Waals surface area contributed by atoms with Crippen LogP contribution in [0.15, 0.2) is 53.4 Å². The summed E-state index contributed by atoms with van der Waals surface area (Å²) in [6, 6.07) is 12.4. The molecular formula is C18H18N2O4S. The first-order chi connectivity index (χ1) is 11.8. The van der Waals surface area contributed by atoms with Crippen LogP contribution in [0.1, 0.15) is 40.5 Å². The van der Waals surface area contributed by atoms with Gasteiger partial charge in [0, 0.05) is 22.9 Å².